The van der Waals surface area contributed by atoms with Gasteiger partial charge in [-0.3, -0.25) is 4.79 Å². The number of amides is 3. The van der Waals surface area contributed by atoms with Gasteiger partial charge in [0, 0.05) is 18.8 Å². The van der Waals surface area contributed by atoms with Crippen molar-refractivity contribution in [1.29, 1.82) is 0 Å². The van der Waals surface area contributed by atoms with Crippen LogP contribution in [0, 0.1) is 0 Å². The molecule has 1 aromatic rings. The number of hydrogen-bond acceptors (Lipinski definition) is 4. The molecule has 1 aliphatic rings. The van der Waals surface area contributed by atoms with E-state index >= 15 is 0 Å². The number of nitrogens with zero attached hydrogens (tertiary/aromatic N) is 1. The molecular weight excluding hydrogens is 272 g/mol. The molecule has 3 amide bonds. The molecule has 7 heteroatoms. The van der Waals surface area contributed by atoms with Crippen molar-refractivity contribution in [2.45, 2.75) is 25.9 Å². The van der Waals surface area contributed by atoms with E-state index in [2.05, 4.69) is 10.6 Å². The highest BCUT2D eigenvalue weighted by Crippen LogP contribution is 2.33. The first kappa shape index (κ1) is 15.1. The van der Waals surface area contributed by atoms with Crippen LogP contribution < -0.4 is 26.0 Å². The van der Waals surface area contributed by atoms with Gasteiger partial charge in [-0.1, -0.05) is 0 Å². The van der Waals surface area contributed by atoms with E-state index in [4.69, 9.17) is 10.5 Å². The van der Waals surface area contributed by atoms with Crippen LogP contribution in [0.5, 0.6) is 5.75 Å². The van der Waals surface area contributed by atoms with E-state index in [-0.39, 0.29) is 24.6 Å². The summed E-state index contributed by atoms with van der Waals surface area (Å²) in [6, 6.07) is 4.16. The molecule has 114 valence electrons. The van der Waals surface area contributed by atoms with Crippen molar-refractivity contribution in [3.05, 3.63) is 18.2 Å². The smallest absolute Gasteiger partial charge is 0.319 e. The van der Waals surface area contributed by atoms with Crippen molar-refractivity contribution in [3.8, 4) is 5.75 Å². The molecule has 0 fully saturated rings. The van der Waals surface area contributed by atoms with Gasteiger partial charge >= 0.3 is 6.03 Å². The highest BCUT2D eigenvalue weighted by atomic mass is 16.5. The predicted octanol–water partition coefficient (Wildman–Crippen LogP) is 0.899. The molecule has 0 radical (unpaired) electrons. The van der Waals surface area contributed by atoms with Crippen LogP contribution in [0.15, 0.2) is 18.2 Å². The molecule has 0 aliphatic carbocycles. The average molecular weight is 292 g/mol. The number of carbonyl (C=O) groups is 2. The van der Waals surface area contributed by atoms with Gasteiger partial charge in [0.1, 0.15) is 18.4 Å². The number of ether oxygens (including phenoxy) is 1. The first-order chi connectivity index (χ1) is 9.88. The summed E-state index contributed by atoms with van der Waals surface area (Å²) in [6.45, 7) is 3.88. The van der Waals surface area contributed by atoms with Crippen molar-refractivity contribution >= 4 is 23.3 Å². The summed E-state index contributed by atoms with van der Waals surface area (Å²) in [7, 11) is 1.63. The lowest BCUT2D eigenvalue weighted by molar-refractivity contribution is -0.119. The minimum Gasteiger partial charge on any atom is -0.489 e. The van der Waals surface area contributed by atoms with Gasteiger partial charge in [-0.2, -0.15) is 0 Å². The molecule has 7 nitrogen and oxygen atoms in total. The lowest BCUT2D eigenvalue weighted by Gasteiger charge is -2.19. The van der Waals surface area contributed by atoms with E-state index in [0.29, 0.717) is 17.1 Å². The Morgan fingerprint density at radius 2 is 2.19 bits per heavy atom. The van der Waals surface area contributed by atoms with Crippen LogP contribution in [0.1, 0.15) is 13.8 Å². The zero-order chi connectivity index (χ0) is 15.6. The van der Waals surface area contributed by atoms with E-state index in [1.165, 1.54) is 4.90 Å². The van der Waals surface area contributed by atoms with Crippen LogP contribution in [0.25, 0.3) is 0 Å². The van der Waals surface area contributed by atoms with Gasteiger partial charge in [-0.05, 0) is 32.0 Å². The zero-order valence-corrected chi connectivity index (χ0v) is 12.3. The average Bonchev–Trinajstić information content (AvgIpc) is 2.51. The Morgan fingerprint density at radius 1 is 1.48 bits per heavy atom. The number of fused-ring (bicyclic) bond motifs is 1. The number of urea groups is 1. The van der Waals surface area contributed by atoms with Crippen LogP contribution in [-0.4, -0.2) is 37.7 Å². The molecule has 1 atom stereocenters. The summed E-state index contributed by atoms with van der Waals surface area (Å²) >= 11 is 0. The van der Waals surface area contributed by atoms with E-state index in [0.717, 1.165) is 0 Å². The fraction of sp³-hybridized carbons (Fsp3) is 0.429. The lowest BCUT2D eigenvalue weighted by atomic mass is 10.2. The van der Waals surface area contributed by atoms with Crippen molar-refractivity contribution in [1.82, 2.24) is 5.32 Å². The second kappa shape index (κ2) is 6.01. The molecule has 21 heavy (non-hydrogen) atoms. The van der Waals surface area contributed by atoms with Gasteiger partial charge in [-0.15, -0.1) is 0 Å². The number of nitrogens with one attached hydrogen (secondary N) is 2. The molecule has 0 saturated carbocycles. The van der Waals surface area contributed by atoms with Crippen molar-refractivity contribution in [2.24, 2.45) is 5.73 Å². The van der Waals surface area contributed by atoms with Gasteiger partial charge in [0.2, 0.25) is 5.91 Å². The summed E-state index contributed by atoms with van der Waals surface area (Å²) in [6.07, 6.45) is 0. The monoisotopic (exact) mass is 292 g/mol. The Hall–Kier alpha value is -2.28. The first-order valence-corrected chi connectivity index (χ1v) is 6.76. The molecule has 1 aromatic carbocycles. The van der Waals surface area contributed by atoms with Gasteiger partial charge in [-0.25, -0.2) is 4.79 Å². The van der Waals surface area contributed by atoms with Crippen molar-refractivity contribution in [3.63, 3.8) is 0 Å². The first-order valence-electron chi connectivity index (χ1n) is 6.76. The molecule has 1 heterocycles. The van der Waals surface area contributed by atoms with Crippen molar-refractivity contribution in [2.75, 3.05) is 23.9 Å². The maximum Gasteiger partial charge on any atom is 0.319 e. The quantitative estimate of drug-likeness (QED) is 0.754. The van der Waals surface area contributed by atoms with Gasteiger partial charge in [0.25, 0.3) is 0 Å². The number of carbonyl (C=O) groups excluding carboxylic acids is 2. The Morgan fingerprint density at radius 3 is 2.86 bits per heavy atom. The Labute approximate surface area is 123 Å². The van der Waals surface area contributed by atoms with Gasteiger partial charge in [0.05, 0.1) is 5.69 Å². The molecular formula is C14H20N4O3. The van der Waals surface area contributed by atoms with E-state index in [1.807, 2.05) is 13.8 Å². The summed E-state index contributed by atoms with van der Waals surface area (Å²) in [5.41, 5.74) is 6.88. The molecule has 0 bridgehead atoms. The number of rotatable bonds is 2. The zero-order valence-electron chi connectivity index (χ0n) is 12.3. The van der Waals surface area contributed by atoms with Crippen LogP contribution in [-0.2, 0) is 4.79 Å². The standard InChI is InChI=1S/C14H20N4O3/c1-8(2)16-14(20)17-9-4-5-12-11(6-9)18(3)13(19)10(15)7-21-12/h4-6,8,10H,7,15H2,1-3H3,(H2,16,17,20). The SMILES string of the molecule is CC(C)NC(=O)Nc1ccc2c(c1)N(C)C(=O)C(N)CO2. The molecule has 0 saturated heterocycles. The summed E-state index contributed by atoms with van der Waals surface area (Å²) in [5, 5.41) is 5.44. The predicted molar refractivity (Wildman–Crippen MR) is 80.6 cm³/mol. The second-order valence-corrected chi connectivity index (χ2v) is 5.25. The third-order valence-electron chi connectivity index (χ3n) is 3.06. The number of hydrogen-bond donors (Lipinski definition) is 3. The second-order valence-electron chi connectivity index (χ2n) is 5.25. The number of nitrogens with two attached hydrogens (primary N) is 1. The molecule has 1 aliphatic heterocycles. The number of benzene rings is 1. The molecule has 4 N–H and O–H groups in total. The number of likely N-dealkylation sites (N-methyl/N-ethyl adjacent to an activating group) is 1. The van der Waals surface area contributed by atoms with Crippen LogP contribution >= 0.6 is 0 Å². The third kappa shape index (κ3) is 3.43. The minimum absolute atomic E-state index is 0.0383. The fourth-order valence-corrected chi connectivity index (χ4v) is 2.03. The Balaban J connectivity index is 2.22. The molecule has 0 aromatic heterocycles. The summed E-state index contributed by atoms with van der Waals surface area (Å²) in [5.74, 6) is 0.339. The largest absolute Gasteiger partial charge is 0.489 e. The Bertz CT molecular complexity index is 559. The fourth-order valence-electron chi connectivity index (χ4n) is 2.03. The topological polar surface area (TPSA) is 96.7 Å². The van der Waals surface area contributed by atoms with Gasteiger partial charge in [0.15, 0.2) is 0 Å². The maximum absolute atomic E-state index is 12.0. The minimum atomic E-state index is -0.692. The van der Waals surface area contributed by atoms with Crippen LogP contribution in [0.4, 0.5) is 16.2 Å². The van der Waals surface area contributed by atoms with E-state index in [9.17, 15) is 9.59 Å². The summed E-state index contributed by atoms with van der Waals surface area (Å²) in [4.78, 5) is 25.2. The maximum atomic E-state index is 12.0. The third-order valence-corrected chi connectivity index (χ3v) is 3.06. The highest BCUT2D eigenvalue weighted by molar-refractivity contribution is 6.00. The van der Waals surface area contributed by atoms with Crippen molar-refractivity contribution < 1.29 is 14.3 Å². The van der Waals surface area contributed by atoms with E-state index < -0.39 is 6.04 Å². The highest BCUT2D eigenvalue weighted by Gasteiger charge is 2.26. The van der Waals surface area contributed by atoms with Gasteiger partial charge < -0.3 is 26.0 Å². The lowest BCUT2D eigenvalue weighted by Crippen LogP contribution is -2.43. The number of anilines is 2. The molecule has 0 spiro atoms. The molecule has 2 rings (SSSR count). The van der Waals surface area contributed by atoms with Crippen LogP contribution in [0.3, 0.4) is 0 Å². The normalized spacial score (nSPS) is 17.9. The van der Waals surface area contributed by atoms with Crippen LogP contribution in [0.2, 0.25) is 0 Å². The molecule has 1 unspecified atom stereocenters. The summed E-state index contributed by atoms with van der Waals surface area (Å²) < 4.78 is 5.51. The van der Waals surface area contributed by atoms with E-state index in [1.54, 1.807) is 25.2 Å². The Kier molecular flexibility index (Phi) is 4.32.